The van der Waals surface area contributed by atoms with E-state index in [9.17, 15) is 19.2 Å². The topological polar surface area (TPSA) is 196 Å². The average molecular weight is 376 g/mol. The van der Waals surface area contributed by atoms with E-state index in [1.807, 2.05) is 0 Å². The smallest absolute Gasteiger partial charge is 0.240 e. The van der Waals surface area contributed by atoms with Gasteiger partial charge in [0.15, 0.2) is 0 Å². The molecule has 25 heavy (non-hydrogen) atoms. The lowest BCUT2D eigenvalue weighted by molar-refractivity contribution is -0.127. The Balaban J connectivity index is 4.49. The van der Waals surface area contributed by atoms with E-state index in [1.165, 1.54) is 0 Å². The van der Waals surface area contributed by atoms with Crippen LogP contribution in [0.3, 0.4) is 0 Å². The van der Waals surface area contributed by atoms with Gasteiger partial charge >= 0.3 is 0 Å². The molecule has 0 aromatic rings. The molecule has 3 atom stereocenters. The molecule has 0 aromatic carbocycles. The molecule has 0 saturated carbocycles. The highest BCUT2D eigenvalue weighted by atomic mass is 32.2. The summed E-state index contributed by atoms with van der Waals surface area (Å²) >= 11 is 1.05. The third-order valence-corrected chi connectivity index (χ3v) is 4.43. The number of carbonyl (C=O) groups is 4. The van der Waals surface area contributed by atoms with Gasteiger partial charge in [-0.15, -0.1) is 11.8 Å². The van der Waals surface area contributed by atoms with Crippen LogP contribution in [-0.2, 0) is 19.2 Å². The monoisotopic (exact) mass is 376 g/mol. The van der Waals surface area contributed by atoms with Gasteiger partial charge < -0.3 is 38.4 Å². The highest BCUT2D eigenvalue weighted by Gasteiger charge is 2.24. The van der Waals surface area contributed by atoms with Gasteiger partial charge in [0.2, 0.25) is 17.7 Å². The molecule has 0 aromatic heterocycles. The molecule has 0 saturated heterocycles. The Morgan fingerprint density at radius 3 is 2.36 bits per heavy atom. The maximum atomic E-state index is 11.9. The van der Waals surface area contributed by atoms with E-state index in [1.54, 1.807) is 0 Å². The number of carbonyl (C=O) groups excluding carboxylic acids is 4. The first-order valence-corrected chi connectivity index (χ1v) is 8.99. The highest BCUT2D eigenvalue weighted by Crippen LogP contribution is 2.14. The summed E-state index contributed by atoms with van der Waals surface area (Å²) in [7, 11) is 0. The molecule has 0 heterocycles. The maximum Gasteiger partial charge on any atom is 0.240 e. The van der Waals surface area contributed by atoms with Gasteiger partial charge in [0.1, 0.15) is 12.3 Å². The zero-order valence-electron chi connectivity index (χ0n) is 14.1. The van der Waals surface area contributed by atoms with Crippen molar-refractivity contribution in [2.24, 2.45) is 22.9 Å². The molecule has 144 valence electrons. The van der Waals surface area contributed by atoms with Crippen LogP contribution in [0.15, 0.2) is 0 Å². The molecule has 3 amide bonds. The van der Waals surface area contributed by atoms with E-state index in [4.69, 9.17) is 22.9 Å². The minimum absolute atomic E-state index is 0.0520. The summed E-state index contributed by atoms with van der Waals surface area (Å²) in [5.41, 5.74) is 21.6. The molecule has 11 heteroatoms. The van der Waals surface area contributed by atoms with E-state index in [0.717, 1.165) is 11.8 Å². The Morgan fingerprint density at radius 1 is 1.16 bits per heavy atom. The average Bonchev–Trinajstić information content (AvgIpc) is 2.59. The fourth-order valence-electron chi connectivity index (χ4n) is 1.78. The lowest BCUT2D eigenvalue weighted by Crippen LogP contribution is -2.51. The first kappa shape index (κ1) is 23.3. The second-order valence-corrected chi connectivity index (χ2v) is 6.62. The van der Waals surface area contributed by atoms with E-state index in [2.05, 4.69) is 10.6 Å². The SMILES string of the molecule is NCCC[C@@H](N)C(=O)N[C@H](CSC(C=O)CC(=O)NCCN)C(N)=O. The number of hydrogen-bond acceptors (Lipinski definition) is 8. The van der Waals surface area contributed by atoms with Crippen LogP contribution in [0.1, 0.15) is 19.3 Å². The van der Waals surface area contributed by atoms with Gasteiger partial charge in [-0.2, -0.15) is 0 Å². The fourth-order valence-corrected chi connectivity index (χ4v) is 2.81. The number of nitrogens with two attached hydrogens (primary N) is 4. The van der Waals surface area contributed by atoms with E-state index < -0.39 is 29.1 Å². The predicted octanol–water partition coefficient (Wildman–Crippen LogP) is -3.21. The minimum atomic E-state index is -0.990. The zero-order chi connectivity index (χ0) is 19.2. The third-order valence-electron chi connectivity index (χ3n) is 3.20. The second-order valence-electron chi connectivity index (χ2n) is 5.35. The van der Waals surface area contributed by atoms with E-state index >= 15 is 0 Å². The van der Waals surface area contributed by atoms with E-state index in [0.29, 0.717) is 38.8 Å². The van der Waals surface area contributed by atoms with E-state index in [-0.39, 0.29) is 18.1 Å². The number of nitrogens with one attached hydrogen (secondary N) is 2. The van der Waals surface area contributed by atoms with Gasteiger partial charge in [-0.3, -0.25) is 14.4 Å². The second kappa shape index (κ2) is 13.6. The van der Waals surface area contributed by atoms with Crippen molar-refractivity contribution in [1.82, 2.24) is 10.6 Å². The van der Waals surface area contributed by atoms with Crippen LogP contribution < -0.4 is 33.6 Å². The Morgan fingerprint density at radius 2 is 1.84 bits per heavy atom. The van der Waals surface area contributed by atoms with Crippen LogP contribution >= 0.6 is 11.8 Å². The number of primary amides is 1. The molecule has 0 fully saturated rings. The molecular weight excluding hydrogens is 348 g/mol. The Bertz CT molecular complexity index is 451. The summed E-state index contributed by atoms with van der Waals surface area (Å²) in [6.45, 7) is 1.02. The molecule has 0 aliphatic heterocycles. The number of thioether (sulfide) groups is 1. The summed E-state index contributed by atoms with van der Waals surface area (Å²) in [5.74, 6) is -1.53. The fraction of sp³-hybridized carbons (Fsp3) is 0.714. The van der Waals surface area contributed by atoms with Crippen molar-refractivity contribution in [1.29, 1.82) is 0 Å². The van der Waals surface area contributed by atoms with Crippen LogP contribution in [-0.4, -0.2) is 66.7 Å². The summed E-state index contributed by atoms with van der Waals surface area (Å²) < 4.78 is 0. The van der Waals surface area contributed by atoms with Crippen molar-refractivity contribution >= 4 is 35.8 Å². The summed E-state index contributed by atoms with van der Waals surface area (Å²) in [5, 5.41) is 4.34. The van der Waals surface area contributed by atoms with Gasteiger partial charge in [-0.25, -0.2) is 0 Å². The van der Waals surface area contributed by atoms with Crippen molar-refractivity contribution in [3.8, 4) is 0 Å². The lowest BCUT2D eigenvalue weighted by atomic mass is 10.1. The molecule has 1 unspecified atom stereocenters. The molecular formula is C14H28N6O4S. The summed E-state index contributed by atoms with van der Waals surface area (Å²) in [4.78, 5) is 46.1. The minimum Gasteiger partial charge on any atom is -0.368 e. The van der Waals surface area contributed by atoms with Crippen molar-refractivity contribution in [3.05, 3.63) is 0 Å². The first-order chi connectivity index (χ1) is 11.8. The van der Waals surface area contributed by atoms with Crippen LogP contribution in [0, 0.1) is 0 Å². The van der Waals surface area contributed by atoms with Gasteiger partial charge in [0, 0.05) is 25.3 Å². The number of aldehydes is 1. The molecule has 0 aliphatic carbocycles. The molecule has 0 radical (unpaired) electrons. The lowest BCUT2D eigenvalue weighted by Gasteiger charge is -2.19. The zero-order valence-corrected chi connectivity index (χ0v) is 14.9. The van der Waals surface area contributed by atoms with Crippen LogP contribution in [0.25, 0.3) is 0 Å². The maximum absolute atomic E-state index is 11.9. The number of amides is 3. The number of hydrogen-bond donors (Lipinski definition) is 6. The standard InChI is InChI=1S/C14H28N6O4S/c15-3-1-2-10(17)14(24)20-11(13(18)23)8-25-9(7-21)6-12(22)19-5-4-16/h7,9-11H,1-6,8,15-17H2,(H2,18,23)(H,19,22)(H,20,24)/t9?,10-,11-/m1/s1. The molecule has 0 aliphatic rings. The Labute approximate surface area is 151 Å². The third kappa shape index (κ3) is 10.7. The first-order valence-electron chi connectivity index (χ1n) is 7.94. The van der Waals surface area contributed by atoms with Crippen LogP contribution in [0.5, 0.6) is 0 Å². The molecule has 10 nitrogen and oxygen atoms in total. The van der Waals surface area contributed by atoms with Crippen LogP contribution in [0.2, 0.25) is 0 Å². The molecule has 0 rings (SSSR count). The largest absolute Gasteiger partial charge is 0.368 e. The predicted molar refractivity (Wildman–Crippen MR) is 96.4 cm³/mol. The van der Waals surface area contributed by atoms with Crippen molar-refractivity contribution in [3.63, 3.8) is 0 Å². The highest BCUT2D eigenvalue weighted by molar-refractivity contribution is 8.00. The van der Waals surface area contributed by atoms with Crippen molar-refractivity contribution in [2.75, 3.05) is 25.4 Å². The quantitative estimate of drug-likeness (QED) is 0.170. The normalized spacial score (nSPS) is 14.2. The number of rotatable bonds is 14. The van der Waals surface area contributed by atoms with Gasteiger partial charge in [0.25, 0.3) is 0 Å². The Hall–Kier alpha value is -1.69. The van der Waals surface area contributed by atoms with Gasteiger partial charge in [-0.1, -0.05) is 0 Å². The van der Waals surface area contributed by atoms with Crippen LogP contribution in [0.4, 0.5) is 0 Å². The van der Waals surface area contributed by atoms with Crippen molar-refractivity contribution in [2.45, 2.75) is 36.6 Å². The van der Waals surface area contributed by atoms with Crippen molar-refractivity contribution < 1.29 is 19.2 Å². The summed E-state index contributed by atoms with van der Waals surface area (Å²) in [6.07, 6.45) is 1.53. The molecule has 0 bridgehead atoms. The summed E-state index contributed by atoms with van der Waals surface area (Å²) in [6, 6.07) is -1.78. The Kier molecular flexibility index (Phi) is 12.7. The molecule has 0 spiro atoms. The van der Waals surface area contributed by atoms with Gasteiger partial charge in [-0.05, 0) is 19.4 Å². The van der Waals surface area contributed by atoms with Gasteiger partial charge in [0.05, 0.1) is 11.3 Å². The molecule has 10 N–H and O–H groups in total.